The van der Waals surface area contributed by atoms with Crippen molar-refractivity contribution in [3.05, 3.63) is 21.7 Å². The van der Waals surface area contributed by atoms with E-state index in [1.807, 2.05) is 6.07 Å². The van der Waals surface area contributed by atoms with Crippen molar-refractivity contribution >= 4 is 15.9 Å². The van der Waals surface area contributed by atoms with Gasteiger partial charge in [-0.15, -0.1) is 0 Å². The fourth-order valence-corrected chi connectivity index (χ4v) is 2.34. The van der Waals surface area contributed by atoms with Gasteiger partial charge in [0.2, 0.25) is 0 Å². The largest absolute Gasteiger partial charge is 0.486 e. The van der Waals surface area contributed by atoms with Crippen LogP contribution in [-0.4, -0.2) is 19.8 Å². The van der Waals surface area contributed by atoms with Gasteiger partial charge in [-0.1, -0.05) is 15.9 Å². The molecule has 1 aromatic rings. The highest BCUT2D eigenvalue weighted by Crippen LogP contribution is 2.40. The van der Waals surface area contributed by atoms with Crippen LogP contribution in [0.1, 0.15) is 17.5 Å². The molecule has 1 heterocycles. The zero-order valence-electron chi connectivity index (χ0n) is 9.38. The van der Waals surface area contributed by atoms with Crippen LogP contribution in [0.15, 0.2) is 10.5 Å². The molecule has 0 atom stereocenters. The Kier molecular flexibility index (Phi) is 3.71. The SMILES string of the molecule is Cc1c(Br)cc2c(c1CCCN)OCCO2. The summed E-state index contributed by atoms with van der Waals surface area (Å²) in [6.45, 7) is 4.04. The highest BCUT2D eigenvalue weighted by molar-refractivity contribution is 9.10. The molecule has 88 valence electrons. The molecule has 1 aliphatic rings. The molecule has 0 bridgehead atoms. The number of ether oxygens (including phenoxy) is 2. The smallest absolute Gasteiger partial charge is 0.164 e. The van der Waals surface area contributed by atoms with Gasteiger partial charge < -0.3 is 15.2 Å². The molecule has 0 fully saturated rings. The number of rotatable bonds is 3. The molecule has 2 rings (SSSR count). The summed E-state index contributed by atoms with van der Waals surface area (Å²) in [5.41, 5.74) is 7.99. The summed E-state index contributed by atoms with van der Waals surface area (Å²) in [7, 11) is 0. The fourth-order valence-electron chi connectivity index (χ4n) is 1.89. The van der Waals surface area contributed by atoms with Crippen molar-refractivity contribution in [2.45, 2.75) is 19.8 Å². The number of hydrogen-bond donors (Lipinski definition) is 1. The number of nitrogens with two attached hydrogens (primary N) is 1. The lowest BCUT2D eigenvalue weighted by Crippen LogP contribution is -2.17. The Morgan fingerprint density at radius 3 is 2.88 bits per heavy atom. The van der Waals surface area contributed by atoms with Crippen LogP contribution < -0.4 is 15.2 Å². The van der Waals surface area contributed by atoms with Crippen molar-refractivity contribution in [2.75, 3.05) is 19.8 Å². The number of benzene rings is 1. The van der Waals surface area contributed by atoms with Crippen molar-refractivity contribution < 1.29 is 9.47 Å². The van der Waals surface area contributed by atoms with Crippen LogP contribution in [0, 0.1) is 6.92 Å². The Morgan fingerprint density at radius 2 is 2.12 bits per heavy atom. The molecular formula is C12H16BrNO2. The fraction of sp³-hybridized carbons (Fsp3) is 0.500. The van der Waals surface area contributed by atoms with Crippen LogP contribution in [0.25, 0.3) is 0 Å². The van der Waals surface area contributed by atoms with Gasteiger partial charge in [-0.3, -0.25) is 0 Å². The summed E-state index contributed by atoms with van der Waals surface area (Å²) in [5.74, 6) is 1.75. The third kappa shape index (κ3) is 2.18. The minimum atomic E-state index is 0.624. The van der Waals surface area contributed by atoms with Crippen LogP contribution in [-0.2, 0) is 6.42 Å². The minimum absolute atomic E-state index is 0.624. The monoisotopic (exact) mass is 285 g/mol. The second kappa shape index (κ2) is 5.06. The first-order valence-corrected chi connectivity index (χ1v) is 6.31. The molecule has 0 radical (unpaired) electrons. The molecule has 1 aromatic carbocycles. The van der Waals surface area contributed by atoms with Crippen LogP contribution in [0.5, 0.6) is 11.5 Å². The van der Waals surface area contributed by atoms with Gasteiger partial charge in [0.25, 0.3) is 0 Å². The first kappa shape index (κ1) is 11.7. The molecule has 0 saturated heterocycles. The normalized spacial score (nSPS) is 13.9. The average Bonchev–Trinajstić information content (AvgIpc) is 2.30. The molecule has 2 N–H and O–H groups in total. The maximum Gasteiger partial charge on any atom is 0.164 e. The molecule has 0 amide bonds. The summed E-state index contributed by atoms with van der Waals surface area (Å²) in [4.78, 5) is 0. The average molecular weight is 286 g/mol. The zero-order valence-corrected chi connectivity index (χ0v) is 11.0. The topological polar surface area (TPSA) is 44.5 Å². The summed E-state index contributed by atoms with van der Waals surface area (Å²) in [6.07, 6.45) is 1.90. The molecule has 0 aliphatic carbocycles. The van der Waals surface area contributed by atoms with E-state index >= 15 is 0 Å². The number of halogens is 1. The summed E-state index contributed by atoms with van der Waals surface area (Å²) >= 11 is 3.55. The van der Waals surface area contributed by atoms with Crippen LogP contribution in [0.3, 0.4) is 0 Å². The van der Waals surface area contributed by atoms with Gasteiger partial charge in [0, 0.05) is 10.0 Å². The van der Waals surface area contributed by atoms with Crippen LogP contribution in [0.4, 0.5) is 0 Å². The molecule has 0 saturated carbocycles. The Morgan fingerprint density at radius 1 is 1.38 bits per heavy atom. The Labute approximate surface area is 104 Å². The predicted molar refractivity (Wildman–Crippen MR) is 67.2 cm³/mol. The van der Waals surface area contributed by atoms with E-state index in [2.05, 4.69) is 22.9 Å². The van der Waals surface area contributed by atoms with E-state index in [1.54, 1.807) is 0 Å². The van der Waals surface area contributed by atoms with E-state index in [4.69, 9.17) is 15.2 Å². The van der Waals surface area contributed by atoms with E-state index in [0.29, 0.717) is 19.8 Å². The number of fused-ring (bicyclic) bond motifs is 1. The molecule has 1 aliphatic heterocycles. The minimum Gasteiger partial charge on any atom is -0.486 e. The van der Waals surface area contributed by atoms with E-state index in [1.165, 1.54) is 11.1 Å². The van der Waals surface area contributed by atoms with Gasteiger partial charge in [0.05, 0.1) is 0 Å². The maximum absolute atomic E-state index is 5.70. The predicted octanol–water partition coefficient (Wildman–Crippen LogP) is 2.42. The quantitative estimate of drug-likeness (QED) is 0.928. The van der Waals surface area contributed by atoms with E-state index < -0.39 is 0 Å². The summed E-state index contributed by atoms with van der Waals surface area (Å²) in [6, 6.07) is 1.98. The van der Waals surface area contributed by atoms with E-state index in [0.717, 1.165) is 28.8 Å². The van der Waals surface area contributed by atoms with Gasteiger partial charge >= 0.3 is 0 Å². The first-order chi connectivity index (χ1) is 7.74. The highest BCUT2D eigenvalue weighted by Gasteiger charge is 2.19. The lowest BCUT2D eigenvalue weighted by Gasteiger charge is -2.23. The molecule has 4 heteroatoms. The van der Waals surface area contributed by atoms with Gasteiger partial charge in [-0.05, 0) is 37.9 Å². The lowest BCUT2D eigenvalue weighted by molar-refractivity contribution is 0.169. The van der Waals surface area contributed by atoms with Crippen LogP contribution >= 0.6 is 15.9 Å². The lowest BCUT2D eigenvalue weighted by atomic mass is 10.0. The Hall–Kier alpha value is -0.740. The van der Waals surface area contributed by atoms with Crippen LogP contribution in [0.2, 0.25) is 0 Å². The number of hydrogen-bond acceptors (Lipinski definition) is 3. The van der Waals surface area contributed by atoms with Crippen molar-refractivity contribution in [3.8, 4) is 11.5 Å². The third-order valence-corrected chi connectivity index (χ3v) is 3.61. The molecule has 3 nitrogen and oxygen atoms in total. The highest BCUT2D eigenvalue weighted by atomic mass is 79.9. The van der Waals surface area contributed by atoms with Gasteiger partial charge in [-0.2, -0.15) is 0 Å². The van der Waals surface area contributed by atoms with Crippen molar-refractivity contribution in [1.29, 1.82) is 0 Å². The van der Waals surface area contributed by atoms with Crippen molar-refractivity contribution in [1.82, 2.24) is 0 Å². The zero-order chi connectivity index (χ0) is 11.5. The van der Waals surface area contributed by atoms with Crippen molar-refractivity contribution in [2.24, 2.45) is 5.73 Å². The molecule has 0 aromatic heterocycles. The molecule has 0 unspecified atom stereocenters. The Balaban J connectivity index is 2.41. The summed E-state index contributed by atoms with van der Waals surface area (Å²) < 4.78 is 12.4. The second-order valence-electron chi connectivity index (χ2n) is 3.88. The van der Waals surface area contributed by atoms with Gasteiger partial charge in [-0.25, -0.2) is 0 Å². The van der Waals surface area contributed by atoms with Gasteiger partial charge in [0.15, 0.2) is 11.5 Å². The maximum atomic E-state index is 5.70. The van der Waals surface area contributed by atoms with E-state index in [-0.39, 0.29) is 0 Å². The van der Waals surface area contributed by atoms with E-state index in [9.17, 15) is 0 Å². The van der Waals surface area contributed by atoms with Gasteiger partial charge in [0.1, 0.15) is 13.2 Å². The third-order valence-electron chi connectivity index (χ3n) is 2.78. The summed E-state index contributed by atoms with van der Waals surface area (Å²) in [5, 5.41) is 0. The Bertz CT molecular complexity index is 393. The molecule has 16 heavy (non-hydrogen) atoms. The molecule has 0 spiro atoms. The molecular weight excluding hydrogens is 270 g/mol. The second-order valence-corrected chi connectivity index (χ2v) is 4.73. The standard InChI is InChI=1S/C12H16BrNO2/c1-8-9(3-2-4-14)12-11(7-10(8)13)15-5-6-16-12/h7H,2-6,14H2,1H3. The first-order valence-electron chi connectivity index (χ1n) is 5.51. The van der Waals surface area contributed by atoms with Crippen molar-refractivity contribution in [3.63, 3.8) is 0 Å².